The molecule has 4 heteroatoms. The highest BCUT2D eigenvalue weighted by atomic mass is 32.1. The summed E-state index contributed by atoms with van der Waals surface area (Å²) in [5.41, 5.74) is 4.15. The minimum Gasteiger partial charge on any atom is -0.438 e. The molecule has 24 heavy (non-hydrogen) atoms. The fourth-order valence-corrected chi connectivity index (χ4v) is 4.13. The van der Waals surface area contributed by atoms with Crippen LogP contribution < -0.4 is 0 Å². The van der Waals surface area contributed by atoms with Crippen molar-refractivity contribution in [2.75, 3.05) is 6.54 Å². The molecule has 1 atom stereocenters. The first-order chi connectivity index (χ1) is 11.7. The lowest BCUT2D eigenvalue weighted by molar-refractivity contribution is 0.224. The molecular weight excluding hydrogens is 316 g/mol. The summed E-state index contributed by atoms with van der Waals surface area (Å²) in [7, 11) is 0. The lowest BCUT2D eigenvalue weighted by Crippen LogP contribution is -2.23. The number of hydrogen-bond donors (Lipinski definition) is 0. The van der Waals surface area contributed by atoms with Crippen LogP contribution in [-0.2, 0) is 6.54 Å². The Kier molecular flexibility index (Phi) is 4.25. The third-order valence-corrected chi connectivity index (χ3v) is 5.82. The second kappa shape index (κ2) is 6.54. The van der Waals surface area contributed by atoms with Gasteiger partial charge in [-0.05, 0) is 61.4 Å². The van der Waals surface area contributed by atoms with E-state index in [0.717, 1.165) is 29.6 Å². The van der Waals surface area contributed by atoms with Crippen molar-refractivity contribution in [1.29, 1.82) is 0 Å². The molecule has 124 valence electrons. The van der Waals surface area contributed by atoms with Crippen molar-refractivity contribution in [1.82, 2.24) is 9.88 Å². The van der Waals surface area contributed by atoms with Crippen LogP contribution in [0.15, 0.2) is 46.3 Å². The van der Waals surface area contributed by atoms with Gasteiger partial charge in [0.2, 0.25) is 5.89 Å². The molecule has 3 nitrogen and oxygen atoms in total. The van der Waals surface area contributed by atoms with E-state index in [0.29, 0.717) is 6.04 Å². The molecule has 0 bridgehead atoms. The maximum atomic E-state index is 5.97. The van der Waals surface area contributed by atoms with Crippen molar-refractivity contribution < 1.29 is 4.42 Å². The molecule has 0 spiro atoms. The van der Waals surface area contributed by atoms with Gasteiger partial charge in [-0.15, -0.1) is 11.3 Å². The van der Waals surface area contributed by atoms with Crippen LogP contribution in [0.5, 0.6) is 0 Å². The molecule has 1 saturated heterocycles. The van der Waals surface area contributed by atoms with Gasteiger partial charge in [-0.1, -0.05) is 24.3 Å². The topological polar surface area (TPSA) is 29.3 Å². The number of benzene rings is 1. The second-order valence-electron chi connectivity index (χ2n) is 6.57. The number of aromatic nitrogens is 1. The van der Waals surface area contributed by atoms with Gasteiger partial charge in [-0.3, -0.25) is 4.90 Å². The highest BCUT2D eigenvalue weighted by Crippen LogP contribution is 2.34. The third-order valence-electron chi connectivity index (χ3n) is 4.94. The largest absolute Gasteiger partial charge is 0.438 e. The number of likely N-dealkylation sites (tertiary alicyclic amines) is 1. The molecule has 1 aliphatic rings. The molecule has 0 radical (unpaired) electrons. The highest BCUT2D eigenvalue weighted by Gasteiger charge is 2.27. The summed E-state index contributed by atoms with van der Waals surface area (Å²) in [6.07, 6.45) is 4.29. The van der Waals surface area contributed by atoms with E-state index in [-0.39, 0.29) is 0 Å². The van der Waals surface area contributed by atoms with Crippen LogP contribution in [0.1, 0.15) is 41.5 Å². The highest BCUT2D eigenvalue weighted by molar-refractivity contribution is 7.13. The second-order valence-corrected chi connectivity index (χ2v) is 7.52. The van der Waals surface area contributed by atoms with Gasteiger partial charge in [0.1, 0.15) is 0 Å². The summed E-state index contributed by atoms with van der Waals surface area (Å²) < 4.78 is 5.97. The van der Waals surface area contributed by atoms with Crippen molar-refractivity contribution in [3.63, 3.8) is 0 Å². The Morgan fingerprint density at radius 2 is 2.17 bits per heavy atom. The predicted molar refractivity (Wildman–Crippen MR) is 98.1 cm³/mol. The van der Waals surface area contributed by atoms with Crippen LogP contribution in [0.2, 0.25) is 0 Å². The fourth-order valence-electron chi connectivity index (χ4n) is 3.45. The molecule has 3 aromatic rings. The Labute approximate surface area is 147 Å². The first-order valence-corrected chi connectivity index (χ1v) is 9.38. The van der Waals surface area contributed by atoms with Crippen LogP contribution in [0.25, 0.3) is 10.6 Å². The van der Waals surface area contributed by atoms with Gasteiger partial charge >= 0.3 is 0 Å². The normalized spacial score (nSPS) is 18.3. The van der Waals surface area contributed by atoms with Gasteiger partial charge < -0.3 is 4.42 Å². The smallest absolute Gasteiger partial charge is 0.209 e. The van der Waals surface area contributed by atoms with E-state index >= 15 is 0 Å². The van der Waals surface area contributed by atoms with Crippen molar-refractivity contribution in [3.05, 3.63) is 64.5 Å². The number of nitrogens with zero attached hydrogens (tertiary/aromatic N) is 2. The van der Waals surface area contributed by atoms with Gasteiger partial charge in [-0.2, -0.15) is 0 Å². The Morgan fingerprint density at radius 3 is 2.96 bits per heavy atom. The average Bonchev–Trinajstić information content (AvgIpc) is 3.31. The molecule has 0 saturated carbocycles. The van der Waals surface area contributed by atoms with E-state index < -0.39 is 0 Å². The molecule has 0 amide bonds. The van der Waals surface area contributed by atoms with Crippen LogP contribution in [-0.4, -0.2) is 16.4 Å². The zero-order valence-electron chi connectivity index (χ0n) is 14.2. The Balaban J connectivity index is 1.52. The van der Waals surface area contributed by atoms with Crippen LogP contribution >= 0.6 is 11.3 Å². The summed E-state index contributed by atoms with van der Waals surface area (Å²) in [4.78, 5) is 8.13. The lowest BCUT2D eigenvalue weighted by Gasteiger charge is -2.24. The SMILES string of the molecule is Cc1ccc([C@@H]2CCCN2Cc2ncc(-c3cccs3)o2)cc1C. The maximum Gasteiger partial charge on any atom is 0.209 e. The summed E-state index contributed by atoms with van der Waals surface area (Å²) >= 11 is 1.69. The molecule has 0 N–H and O–H groups in total. The fraction of sp³-hybridized carbons (Fsp3) is 0.350. The summed E-state index contributed by atoms with van der Waals surface area (Å²) in [6, 6.07) is 11.4. The van der Waals surface area contributed by atoms with Crippen LogP contribution in [0, 0.1) is 13.8 Å². The molecule has 1 fully saturated rings. The average molecular weight is 338 g/mol. The van der Waals surface area contributed by atoms with E-state index in [9.17, 15) is 0 Å². The lowest BCUT2D eigenvalue weighted by atomic mass is 9.99. The third kappa shape index (κ3) is 3.04. The minimum atomic E-state index is 0.474. The first-order valence-electron chi connectivity index (χ1n) is 8.50. The van der Waals surface area contributed by atoms with Crippen LogP contribution in [0.3, 0.4) is 0 Å². The van der Waals surface area contributed by atoms with E-state index in [4.69, 9.17) is 4.42 Å². The molecule has 4 rings (SSSR count). The molecular formula is C20H22N2OS. The molecule has 0 aliphatic carbocycles. The van der Waals surface area contributed by atoms with Gasteiger partial charge in [0.25, 0.3) is 0 Å². The van der Waals surface area contributed by atoms with Crippen molar-refractivity contribution in [3.8, 4) is 10.6 Å². The first kappa shape index (κ1) is 15.6. The number of thiophene rings is 1. The van der Waals surface area contributed by atoms with Gasteiger partial charge in [0.15, 0.2) is 5.76 Å². The van der Waals surface area contributed by atoms with E-state index in [1.54, 1.807) is 11.3 Å². The number of oxazole rings is 1. The van der Waals surface area contributed by atoms with Gasteiger partial charge in [0.05, 0.1) is 17.6 Å². The van der Waals surface area contributed by atoms with E-state index in [1.165, 1.54) is 29.5 Å². The van der Waals surface area contributed by atoms with Crippen molar-refractivity contribution in [2.45, 2.75) is 39.3 Å². The zero-order chi connectivity index (χ0) is 16.5. The zero-order valence-corrected chi connectivity index (χ0v) is 15.0. The van der Waals surface area contributed by atoms with Crippen LogP contribution in [0.4, 0.5) is 0 Å². The Morgan fingerprint density at radius 1 is 1.25 bits per heavy atom. The Bertz CT molecular complexity index is 822. The maximum absolute atomic E-state index is 5.97. The Hall–Kier alpha value is -1.91. The summed E-state index contributed by atoms with van der Waals surface area (Å²) in [6.45, 7) is 6.25. The predicted octanol–water partition coefficient (Wildman–Crippen LogP) is 5.36. The molecule has 1 aromatic carbocycles. The summed E-state index contributed by atoms with van der Waals surface area (Å²) in [5.74, 6) is 1.69. The molecule has 1 aliphatic heterocycles. The molecule has 3 heterocycles. The van der Waals surface area contributed by atoms with Gasteiger partial charge in [-0.25, -0.2) is 4.98 Å². The quantitative estimate of drug-likeness (QED) is 0.641. The van der Waals surface area contributed by atoms with E-state index in [2.05, 4.69) is 53.4 Å². The molecule has 0 unspecified atom stereocenters. The number of hydrogen-bond acceptors (Lipinski definition) is 4. The van der Waals surface area contributed by atoms with E-state index in [1.807, 2.05) is 12.3 Å². The monoisotopic (exact) mass is 338 g/mol. The van der Waals surface area contributed by atoms with Gasteiger partial charge in [0, 0.05) is 6.04 Å². The summed E-state index contributed by atoms with van der Waals surface area (Å²) in [5, 5.41) is 2.06. The van der Waals surface area contributed by atoms with Crippen molar-refractivity contribution >= 4 is 11.3 Å². The number of rotatable bonds is 4. The number of aryl methyl sites for hydroxylation is 2. The van der Waals surface area contributed by atoms with Crippen molar-refractivity contribution in [2.24, 2.45) is 0 Å². The minimum absolute atomic E-state index is 0.474. The standard InChI is InChI=1S/C20H22N2OS/c1-14-7-8-16(11-15(14)2)17-5-3-9-22(17)13-20-21-12-18(23-20)19-6-4-10-24-19/h4,6-8,10-12,17H,3,5,9,13H2,1-2H3/t17-/m0/s1. The molecule has 2 aromatic heterocycles.